The fourth-order valence-electron chi connectivity index (χ4n) is 3.95. The minimum absolute atomic E-state index is 0.0297. The van der Waals surface area contributed by atoms with Gasteiger partial charge in [0, 0.05) is 0 Å². The van der Waals surface area contributed by atoms with E-state index in [2.05, 4.69) is 33.9 Å². The normalized spacial score (nSPS) is 21.9. The second-order valence-corrected chi connectivity index (χ2v) is 18.6. The van der Waals surface area contributed by atoms with E-state index in [9.17, 15) is 13.2 Å². The summed E-state index contributed by atoms with van der Waals surface area (Å²) in [5, 5.41) is 0.0297. The molecule has 2 atom stereocenters. The lowest BCUT2D eigenvalue weighted by Crippen LogP contribution is -2.57. The summed E-state index contributed by atoms with van der Waals surface area (Å²) < 4.78 is 43.5. The third-order valence-electron chi connectivity index (χ3n) is 7.30. The van der Waals surface area contributed by atoms with Gasteiger partial charge in [-0.1, -0.05) is 45.4 Å². The molecule has 35 heavy (non-hydrogen) atoms. The quantitative estimate of drug-likeness (QED) is 0.293. The van der Waals surface area contributed by atoms with Gasteiger partial charge in [-0.3, -0.25) is 9.08 Å². The van der Waals surface area contributed by atoms with E-state index < -0.39 is 41.7 Å². The number of aryl methyl sites for hydroxylation is 1. The zero-order valence-corrected chi connectivity index (χ0v) is 25.0. The molecule has 0 saturated carbocycles. The third-order valence-corrected chi connectivity index (χ3v) is 13.1. The highest BCUT2D eigenvalue weighted by molar-refractivity contribution is 7.86. The molecule has 1 heterocycles. The smallest absolute Gasteiger partial charge is 0.411 e. The maximum atomic E-state index is 13.5. The topological polar surface area (TPSA) is 82.1 Å². The highest BCUT2D eigenvalue weighted by Crippen LogP contribution is 2.42. The molecule has 200 valence electrons. The van der Waals surface area contributed by atoms with Crippen LogP contribution < -0.4 is 0 Å². The Morgan fingerprint density at radius 3 is 2.17 bits per heavy atom. The molecule has 0 bridgehead atoms. The van der Waals surface area contributed by atoms with Crippen molar-refractivity contribution in [2.24, 2.45) is 0 Å². The molecule has 9 heteroatoms. The number of amides is 1. The minimum atomic E-state index is -3.95. The summed E-state index contributed by atoms with van der Waals surface area (Å²) in [4.78, 5) is 15.3. The molecule has 1 amide bonds. The molecule has 0 aromatic heterocycles. The van der Waals surface area contributed by atoms with Crippen LogP contribution in [0.2, 0.25) is 18.1 Å². The average Bonchev–Trinajstić information content (AvgIpc) is 3.08. The summed E-state index contributed by atoms with van der Waals surface area (Å²) in [6, 6.07) is 6.11. The average molecular weight is 528 g/mol. The molecule has 1 aromatic rings. The van der Waals surface area contributed by atoms with Gasteiger partial charge >= 0.3 is 6.09 Å². The molecule has 1 aliphatic rings. The first-order valence-electron chi connectivity index (χ1n) is 12.5. The molecule has 1 saturated heterocycles. The molecule has 0 N–H and O–H groups in total. The minimum Gasteiger partial charge on any atom is -0.444 e. The maximum absolute atomic E-state index is 13.5. The molecule has 1 aliphatic heterocycles. The maximum Gasteiger partial charge on any atom is 0.411 e. The summed E-state index contributed by atoms with van der Waals surface area (Å²) >= 11 is 0. The van der Waals surface area contributed by atoms with Gasteiger partial charge < -0.3 is 9.16 Å². The van der Waals surface area contributed by atoms with Crippen molar-refractivity contribution in [3.8, 4) is 0 Å². The number of likely N-dealkylation sites (tertiary alicyclic amines) is 1. The van der Waals surface area contributed by atoms with Gasteiger partial charge in [-0.2, -0.15) is 8.42 Å². The van der Waals surface area contributed by atoms with Gasteiger partial charge in [-0.05, 0) is 77.2 Å². The van der Waals surface area contributed by atoms with Crippen LogP contribution in [-0.4, -0.2) is 58.1 Å². The Morgan fingerprint density at radius 1 is 1.11 bits per heavy atom. The lowest BCUT2D eigenvalue weighted by atomic mass is 9.94. The summed E-state index contributed by atoms with van der Waals surface area (Å²) in [6.45, 7) is 20.6. The van der Waals surface area contributed by atoms with Gasteiger partial charge in [-0.25, -0.2) is 4.79 Å². The number of rotatable bonds is 8. The predicted molar refractivity (Wildman–Crippen MR) is 142 cm³/mol. The van der Waals surface area contributed by atoms with E-state index in [0.29, 0.717) is 25.9 Å². The predicted octanol–water partition coefficient (Wildman–Crippen LogP) is 6.27. The van der Waals surface area contributed by atoms with Crippen molar-refractivity contribution in [2.45, 2.75) is 115 Å². The van der Waals surface area contributed by atoms with Crippen LogP contribution in [-0.2, 0) is 23.5 Å². The van der Waals surface area contributed by atoms with Crippen LogP contribution in [0, 0.1) is 6.92 Å². The second kappa shape index (κ2) is 10.5. The molecular formula is C26H45NO6SSi. The van der Waals surface area contributed by atoms with Gasteiger partial charge in [0.2, 0.25) is 0 Å². The van der Waals surface area contributed by atoms with Crippen LogP contribution in [0.15, 0.2) is 29.2 Å². The fraction of sp³-hybridized carbons (Fsp3) is 0.731. The largest absolute Gasteiger partial charge is 0.444 e. The van der Waals surface area contributed by atoms with Gasteiger partial charge in [0.15, 0.2) is 8.32 Å². The number of nitrogens with zero attached hydrogens (tertiary/aromatic N) is 1. The zero-order valence-electron chi connectivity index (χ0n) is 23.2. The molecule has 2 rings (SSSR count). The van der Waals surface area contributed by atoms with E-state index in [0.717, 1.165) is 5.56 Å². The summed E-state index contributed by atoms with van der Waals surface area (Å²) in [5.74, 6) is 0. The highest BCUT2D eigenvalue weighted by atomic mass is 32.2. The number of benzene rings is 1. The van der Waals surface area contributed by atoms with E-state index in [1.807, 2.05) is 34.6 Å². The van der Waals surface area contributed by atoms with Crippen molar-refractivity contribution in [1.29, 1.82) is 0 Å². The number of carbonyl (C=O) groups is 1. The lowest BCUT2D eigenvalue weighted by Gasteiger charge is -2.44. The van der Waals surface area contributed by atoms with Crippen LogP contribution >= 0.6 is 0 Å². The van der Waals surface area contributed by atoms with Crippen molar-refractivity contribution in [3.05, 3.63) is 29.8 Å². The Balaban J connectivity index is 2.31. The van der Waals surface area contributed by atoms with Crippen LogP contribution in [0.1, 0.15) is 73.3 Å². The van der Waals surface area contributed by atoms with Crippen LogP contribution in [0.25, 0.3) is 0 Å². The second-order valence-electron chi connectivity index (χ2n) is 12.2. The van der Waals surface area contributed by atoms with Crippen molar-refractivity contribution >= 4 is 24.5 Å². The van der Waals surface area contributed by atoms with E-state index in [1.165, 1.54) is 12.1 Å². The van der Waals surface area contributed by atoms with E-state index in [4.69, 9.17) is 13.3 Å². The monoisotopic (exact) mass is 527 g/mol. The summed E-state index contributed by atoms with van der Waals surface area (Å²) in [5.41, 5.74) is -0.302. The lowest BCUT2D eigenvalue weighted by molar-refractivity contribution is -0.0198. The van der Waals surface area contributed by atoms with Gasteiger partial charge in [-0.15, -0.1) is 0 Å². The summed E-state index contributed by atoms with van der Waals surface area (Å²) in [6.07, 6.45) is 1.51. The first kappa shape index (κ1) is 29.8. The van der Waals surface area contributed by atoms with Crippen molar-refractivity contribution < 1.29 is 26.6 Å². The highest BCUT2D eigenvalue weighted by Gasteiger charge is 2.51. The Morgan fingerprint density at radius 2 is 1.69 bits per heavy atom. The SMILES string of the molecule is CCC1(CO[Si](C)(C)C(C)(C)C)CCC(COS(=O)(=O)c2ccc(C)cc2)N1C(=O)OC(C)(C)C. The van der Waals surface area contributed by atoms with Gasteiger partial charge in [0.1, 0.15) is 5.60 Å². The molecule has 7 nitrogen and oxygen atoms in total. The van der Waals surface area contributed by atoms with E-state index >= 15 is 0 Å². The van der Waals surface area contributed by atoms with Crippen LogP contribution in [0.4, 0.5) is 4.79 Å². The first-order chi connectivity index (χ1) is 15.8. The van der Waals surface area contributed by atoms with Gasteiger partial charge in [0.05, 0.1) is 29.7 Å². The third kappa shape index (κ3) is 7.30. The Kier molecular flexibility index (Phi) is 8.96. The number of carbonyl (C=O) groups excluding carboxylic acids is 1. The van der Waals surface area contributed by atoms with Crippen LogP contribution in [0.5, 0.6) is 0 Å². The number of ether oxygens (including phenoxy) is 1. The molecule has 0 aliphatic carbocycles. The van der Waals surface area contributed by atoms with Crippen molar-refractivity contribution in [2.75, 3.05) is 13.2 Å². The number of hydrogen-bond acceptors (Lipinski definition) is 6. The molecule has 1 fully saturated rings. The fourth-order valence-corrected chi connectivity index (χ4v) is 5.95. The molecule has 0 spiro atoms. The standard InChI is InChI=1S/C26H45NO6SSi/c1-11-26(19-32-35(9,10)25(6,7)8)17-16-21(27(26)23(28)33-24(3,4)5)18-31-34(29,30)22-14-12-20(2)13-15-22/h12-15,21H,11,16-19H2,1-10H3. The molecule has 1 aromatic carbocycles. The van der Waals surface area contributed by atoms with Gasteiger partial charge in [0.25, 0.3) is 10.1 Å². The first-order valence-corrected chi connectivity index (χ1v) is 16.8. The van der Waals surface area contributed by atoms with E-state index in [1.54, 1.807) is 17.0 Å². The number of hydrogen-bond donors (Lipinski definition) is 0. The Hall–Kier alpha value is -1.42. The van der Waals surface area contributed by atoms with Crippen LogP contribution in [0.3, 0.4) is 0 Å². The van der Waals surface area contributed by atoms with Crippen molar-refractivity contribution in [1.82, 2.24) is 4.90 Å². The Bertz CT molecular complexity index is 979. The molecular weight excluding hydrogens is 482 g/mol. The summed E-state index contributed by atoms with van der Waals surface area (Å²) in [7, 11) is -6.02. The zero-order chi connectivity index (χ0) is 26.9. The molecule has 2 unspecified atom stereocenters. The van der Waals surface area contributed by atoms with E-state index in [-0.39, 0.29) is 16.5 Å². The van der Waals surface area contributed by atoms with Crippen molar-refractivity contribution in [3.63, 3.8) is 0 Å². The Labute approximate surface area is 213 Å². The molecule has 0 radical (unpaired) electrons.